The maximum absolute atomic E-state index is 5.87. The predicted octanol–water partition coefficient (Wildman–Crippen LogP) is 2.94. The van der Waals surface area contributed by atoms with E-state index in [2.05, 4.69) is 22.2 Å². The third-order valence-corrected chi connectivity index (χ3v) is 3.50. The minimum Gasteiger partial charge on any atom is -0.384 e. The van der Waals surface area contributed by atoms with Crippen LogP contribution >= 0.6 is 0 Å². The molecule has 2 aromatic rings. The van der Waals surface area contributed by atoms with Gasteiger partial charge in [0.25, 0.3) is 0 Å². The molecule has 0 unspecified atom stereocenters. The molecule has 0 bridgehead atoms. The van der Waals surface area contributed by atoms with Crippen molar-refractivity contribution in [2.75, 3.05) is 11.1 Å². The van der Waals surface area contributed by atoms with Crippen molar-refractivity contribution >= 4 is 11.6 Å². The van der Waals surface area contributed by atoms with Crippen LogP contribution in [0, 0.1) is 5.92 Å². The Balaban J connectivity index is 1.84. The van der Waals surface area contributed by atoms with E-state index in [0.717, 1.165) is 17.3 Å². The fourth-order valence-electron chi connectivity index (χ4n) is 2.49. The average Bonchev–Trinajstić information content (AvgIpc) is 2.37. The Bertz CT molecular complexity index is 562. The number of rotatable bonds is 3. The number of benzene rings is 1. The van der Waals surface area contributed by atoms with Crippen LogP contribution in [-0.2, 0) is 0 Å². The molecule has 1 fully saturated rings. The van der Waals surface area contributed by atoms with E-state index in [0.29, 0.717) is 17.7 Å². The number of hydrogen-bond donors (Lipinski definition) is 2. The molecule has 19 heavy (non-hydrogen) atoms. The number of aromatic nitrogens is 2. The summed E-state index contributed by atoms with van der Waals surface area (Å²) >= 11 is 0. The Hall–Kier alpha value is -2.10. The SMILES string of the molecule is CC1CC(Nc2cc(N)nc(-c3ccccc3)n2)C1. The average molecular weight is 254 g/mol. The van der Waals surface area contributed by atoms with Crippen LogP contribution in [0.5, 0.6) is 0 Å². The predicted molar refractivity (Wildman–Crippen MR) is 77.7 cm³/mol. The summed E-state index contributed by atoms with van der Waals surface area (Å²) in [6.07, 6.45) is 2.40. The van der Waals surface area contributed by atoms with Gasteiger partial charge in [-0.3, -0.25) is 0 Å². The van der Waals surface area contributed by atoms with Crippen molar-refractivity contribution in [1.29, 1.82) is 0 Å². The highest BCUT2D eigenvalue weighted by molar-refractivity contribution is 5.60. The van der Waals surface area contributed by atoms with Gasteiger partial charge in [0.2, 0.25) is 0 Å². The summed E-state index contributed by atoms with van der Waals surface area (Å²) in [5.41, 5.74) is 6.85. The molecule has 0 aliphatic heterocycles. The maximum atomic E-state index is 5.87. The number of nitrogens with two attached hydrogens (primary N) is 1. The van der Waals surface area contributed by atoms with Crippen molar-refractivity contribution in [3.05, 3.63) is 36.4 Å². The molecule has 98 valence electrons. The Morgan fingerprint density at radius 3 is 2.58 bits per heavy atom. The highest BCUT2D eigenvalue weighted by Gasteiger charge is 2.25. The van der Waals surface area contributed by atoms with Crippen molar-refractivity contribution in [2.24, 2.45) is 5.92 Å². The molecular weight excluding hydrogens is 236 g/mol. The molecular formula is C15H18N4. The fourth-order valence-corrected chi connectivity index (χ4v) is 2.49. The van der Waals surface area contributed by atoms with Gasteiger partial charge < -0.3 is 11.1 Å². The van der Waals surface area contributed by atoms with E-state index >= 15 is 0 Å². The van der Waals surface area contributed by atoms with Crippen LogP contribution in [0.1, 0.15) is 19.8 Å². The fraction of sp³-hybridized carbons (Fsp3) is 0.333. The number of anilines is 2. The second kappa shape index (κ2) is 4.88. The summed E-state index contributed by atoms with van der Waals surface area (Å²) in [6, 6.07) is 12.2. The first-order chi connectivity index (χ1) is 9.20. The van der Waals surface area contributed by atoms with Crippen molar-refractivity contribution in [1.82, 2.24) is 9.97 Å². The van der Waals surface area contributed by atoms with E-state index in [9.17, 15) is 0 Å². The second-order valence-corrected chi connectivity index (χ2v) is 5.29. The molecule has 0 spiro atoms. The quantitative estimate of drug-likeness (QED) is 0.884. The van der Waals surface area contributed by atoms with Crippen molar-refractivity contribution in [2.45, 2.75) is 25.8 Å². The van der Waals surface area contributed by atoms with Gasteiger partial charge in [0, 0.05) is 17.7 Å². The third-order valence-electron chi connectivity index (χ3n) is 3.50. The van der Waals surface area contributed by atoms with Gasteiger partial charge in [-0.1, -0.05) is 37.3 Å². The van der Waals surface area contributed by atoms with Gasteiger partial charge in [-0.25, -0.2) is 9.97 Å². The summed E-state index contributed by atoms with van der Waals surface area (Å²) in [5.74, 6) is 2.81. The van der Waals surface area contributed by atoms with Crippen LogP contribution in [-0.4, -0.2) is 16.0 Å². The zero-order chi connectivity index (χ0) is 13.2. The standard InChI is InChI=1S/C15H18N4/c1-10-7-12(8-10)17-14-9-13(16)18-15(19-14)11-5-3-2-4-6-11/h2-6,9-10,12H,7-8H2,1H3,(H3,16,17,18,19). The van der Waals surface area contributed by atoms with E-state index in [1.54, 1.807) is 6.07 Å². The van der Waals surface area contributed by atoms with Gasteiger partial charge in [0.15, 0.2) is 5.82 Å². The molecule has 1 aliphatic carbocycles. The molecule has 0 atom stereocenters. The third kappa shape index (κ3) is 2.67. The molecule has 4 nitrogen and oxygen atoms in total. The molecule has 3 rings (SSSR count). The smallest absolute Gasteiger partial charge is 0.163 e. The van der Waals surface area contributed by atoms with Gasteiger partial charge in [0.1, 0.15) is 11.6 Å². The first-order valence-electron chi connectivity index (χ1n) is 6.67. The highest BCUT2D eigenvalue weighted by Crippen LogP contribution is 2.29. The van der Waals surface area contributed by atoms with Gasteiger partial charge in [0.05, 0.1) is 0 Å². The Labute approximate surface area is 113 Å². The lowest BCUT2D eigenvalue weighted by molar-refractivity contribution is 0.308. The zero-order valence-corrected chi connectivity index (χ0v) is 11.0. The van der Waals surface area contributed by atoms with E-state index in [4.69, 9.17) is 5.73 Å². The van der Waals surface area contributed by atoms with Crippen LogP contribution < -0.4 is 11.1 Å². The normalized spacial score (nSPS) is 21.7. The molecule has 1 aliphatic rings. The van der Waals surface area contributed by atoms with Crippen LogP contribution in [0.4, 0.5) is 11.6 Å². The monoisotopic (exact) mass is 254 g/mol. The van der Waals surface area contributed by atoms with Crippen molar-refractivity contribution in [3.63, 3.8) is 0 Å². The van der Waals surface area contributed by atoms with Gasteiger partial charge in [-0.15, -0.1) is 0 Å². The largest absolute Gasteiger partial charge is 0.384 e. The topological polar surface area (TPSA) is 63.8 Å². The van der Waals surface area contributed by atoms with Crippen molar-refractivity contribution in [3.8, 4) is 11.4 Å². The highest BCUT2D eigenvalue weighted by atomic mass is 15.1. The second-order valence-electron chi connectivity index (χ2n) is 5.29. The lowest BCUT2D eigenvalue weighted by Crippen LogP contribution is -2.34. The van der Waals surface area contributed by atoms with Crippen LogP contribution in [0.2, 0.25) is 0 Å². The molecule has 0 amide bonds. The van der Waals surface area contributed by atoms with Crippen LogP contribution in [0.3, 0.4) is 0 Å². The Morgan fingerprint density at radius 2 is 1.89 bits per heavy atom. The minimum absolute atomic E-state index is 0.503. The minimum atomic E-state index is 0.503. The molecule has 1 saturated carbocycles. The first-order valence-corrected chi connectivity index (χ1v) is 6.67. The summed E-state index contributed by atoms with van der Waals surface area (Å²) < 4.78 is 0. The van der Waals surface area contributed by atoms with Gasteiger partial charge in [-0.2, -0.15) is 0 Å². The molecule has 4 heteroatoms. The molecule has 1 heterocycles. The van der Waals surface area contributed by atoms with E-state index in [1.165, 1.54) is 12.8 Å². The number of nitrogen functional groups attached to an aromatic ring is 1. The number of nitrogens with zero attached hydrogens (tertiary/aromatic N) is 2. The zero-order valence-electron chi connectivity index (χ0n) is 11.0. The molecule has 0 radical (unpaired) electrons. The van der Waals surface area contributed by atoms with Gasteiger partial charge >= 0.3 is 0 Å². The summed E-state index contributed by atoms with van der Waals surface area (Å²) in [6.45, 7) is 2.27. The molecule has 1 aromatic carbocycles. The van der Waals surface area contributed by atoms with Crippen LogP contribution in [0.15, 0.2) is 36.4 Å². The summed E-state index contributed by atoms with van der Waals surface area (Å²) in [7, 11) is 0. The number of nitrogens with one attached hydrogen (secondary N) is 1. The molecule has 0 saturated heterocycles. The van der Waals surface area contributed by atoms with E-state index < -0.39 is 0 Å². The van der Waals surface area contributed by atoms with E-state index in [1.807, 2.05) is 30.3 Å². The Kier molecular flexibility index (Phi) is 3.07. The lowest BCUT2D eigenvalue weighted by Gasteiger charge is -2.33. The first kappa shape index (κ1) is 12.0. The Morgan fingerprint density at radius 1 is 1.16 bits per heavy atom. The summed E-state index contributed by atoms with van der Waals surface area (Å²) in [5, 5.41) is 3.43. The lowest BCUT2D eigenvalue weighted by atomic mass is 9.82. The number of hydrogen-bond acceptors (Lipinski definition) is 4. The van der Waals surface area contributed by atoms with Crippen molar-refractivity contribution < 1.29 is 0 Å². The molecule has 1 aromatic heterocycles. The van der Waals surface area contributed by atoms with Gasteiger partial charge in [-0.05, 0) is 18.8 Å². The molecule has 3 N–H and O–H groups in total. The van der Waals surface area contributed by atoms with Crippen LogP contribution in [0.25, 0.3) is 11.4 Å². The maximum Gasteiger partial charge on any atom is 0.163 e. The summed E-state index contributed by atoms with van der Waals surface area (Å²) in [4.78, 5) is 8.85. The van der Waals surface area contributed by atoms with E-state index in [-0.39, 0.29) is 0 Å².